The fourth-order valence-electron chi connectivity index (χ4n) is 2.64. The number of aryl methyl sites for hydroxylation is 2. The molecule has 0 spiro atoms. The Bertz CT molecular complexity index is 624. The van der Waals surface area contributed by atoms with Crippen molar-refractivity contribution in [3.05, 3.63) is 69.5 Å². The fraction of sp³-hybridized carbons (Fsp3) is 0.250. The van der Waals surface area contributed by atoms with E-state index in [1.54, 1.807) is 6.07 Å². The van der Waals surface area contributed by atoms with Gasteiger partial charge in [0.15, 0.2) is 0 Å². The summed E-state index contributed by atoms with van der Waals surface area (Å²) in [5.74, 6) is -0.303. The first-order valence-electron chi connectivity index (χ1n) is 6.36. The Morgan fingerprint density at radius 2 is 1.84 bits per heavy atom. The normalized spacial score (nSPS) is 15.3. The van der Waals surface area contributed by atoms with Crippen LogP contribution in [-0.4, -0.2) is 0 Å². The molecule has 3 rings (SSSR count). The third-order valence-electron chi connectivity index (χ3n) is 3.65. The summed E-state index contributed by atoms with van der Waals surface area (Å²) in [4.78, 5) is 0.00602. The van der Waals surface area contributed by atoms with Crippen LogP contribution in [0.1, 0.15) is 33.5 Å². The maximum atomic E-state index is 13.1. The molecule has 3 heteroatoms. The molecule has 0 N–H and O–H groups in total. The van der Waals surface area contributed by atoms with Gasteiger partial charge < -0.3 is 0 Å². The van der Waals surface area contributed by atoms with E-state index in [0.717, 1.165) is 12.0 Å². The Morgan fingerprint density at radius 1 is 1.05 bits per heavy atom. The van der Waals surface area contributed by atoms with Gasteiger partial charge in [0.05, 0.1) is 4.83 Å². The van der Waals surface area contributed by atoms with Gasteiger partial charge in [-0.2, -0.15) is 0 Å². The third-order valence-corrected chi connectivity index (χ3v) is 5.00. The lowest BCUT2D eigenvalue weighted by atomic mass is 10.0. The Hall–Kier alpha value is -0.860. The van der Waals surface area contributed by atoms with Crippen LogP contribution in [0.5, 0.6) is 0 Å². The zero-order chi connectivity index (χ0) is 13.4. The highest BCUT2D eigenvalue weighted by Crippen LogP contribution is 2.37. The third kappa shape index (κ3) is 2.56. The molecule has 0 nitrogen and oxygen atoms in total. The molecule has 1 aliphatic carbocycles. The molecule has 0 heterocycles. The minimum Gasteiger partial charge on any atom is -0.207 e. The average Bonchev–Trinajstić information content (AvgIpc) is 2.85. The van der Waals surface area contributed by atoms with Crippen LogP contribution in [0.25, 0.3) is 0 Å². The molecule has 0 aromatic heterocycles. The van der Waals surface area contributed by atoms with E-state index in [4.69, 9.17) is 11.6 Å². The molecule has 19 heavy (non-hydrogen) atoms. The van der Waals surface area contributed by atoms with E-state index in [-0.39, 0.29) is 10.6 Å². The van der Waals surface area contributed by atoms with Gasteiger partial charge in [0.1, 0.15) is 5.82 Å². The number of halogens is 3. The second kappa shape index (κ2) is 5.26. The molecule has 2 aromatic carbocycles. The van der Waals surface area contributed by atoms with Crippen LogP contribution in [0.3, 0.4) is 0 Å². The second-order valence-corrected chi connectivity index (χ2v) is 6.23. The fourth-order valence-corrected chi connectivity index (χ4v) is 3.73. The van der Waals surface area contributed by atoms with Gasteiger partial charge in [0.25, 0.3) is 0 Å². The van der Waals surface area contributed by atoms with Crippen molar-refractivity contribution in [3.63, 3.8) is 0 Å². The smallest absolute Gasteiger partial charge is 0.124 e. The molecule has 0 fully saturated rings. The van der Waals surface area contributed by atoms with E-state index < -0.39 is 0 Å². The summed E-state index contributed by atoms with van der Waals surface area (Å²) in [7, 11) is 0. The molecule has 1 aliphatic rings. The number of rotatable bonds is 2. The maximum Gasteiger partial charge on any atom is 0.124 e. The average molecular weight is 340 g/mol. The summed E-state index contributed by atoms with van der Waals surface area (Å²) in [5.41, 5.74) is 4.96. The van der Waals surface area contributed by atoms with Gasteiger partial charge in [-0.1, -0.05) is 51.8 Å². The molecule has 0 saturated heterocycles. The second-order valence-electron chi connectivity index (χ2n) is 4.91. The highest BCUT2D eigenvalue weighted by molar-refractivity contribution is 9.09. The van der Waals surface area contributed by atoms with Gasteiger partial charge in [-0.05, 0) is 53.6 Å². The summed E-state index contributed by atoms with van der Waals surface area (Å²) < 4.78 is 13.1. The topological polar surface area (TPSA) is 0 Å². The van der Waals surface area contributed by atoms with Gasteiger partial charge in [0, 0.05) is 5.02 Å². The SMILES string of the molecule is Fc1ccc(C(Br)c2ccc3c(c2)CCC3)c(Cl)c1. The van der Waals surface area contributed by atoms with Crippen LogP contribution in [0, 0.1) is 5.82 Å². The molecular weight excluding hydrogens is 327 g/mol. The standard InChI is InChI=1S/C16H13BrClF/c17-16(14-7-6-13(19)9-15(14)18)12-5-4-10-2-1-3-11(10)8-12/h4-9,16H,1-3H2. The van der Waals surface area contributed by atoms with E-state index in [9.17, 15) is 4.39 Å². The molecule has 0 aliphatic heterocycles. The first kappa shape index (κ1) is 13.1. The lowest BCUT2D eigenvalue weighted by Gasteiger charge is -2.14. The van der Waals surface area contributed by atoms with Crippen molar-refractivity contribution in [1.82, 2.24) is 0 Å². The summed E-state index contributed by atoms with van der Waals surface area (Å²) >= 11 is 9.79. The van der Waals surface area contributed by atoms with Crippen molar-refractivity contribution in [2.75, 3.05) is 0 Å². The molecule has 0 amide bonds. The van der Waals surface area contributed by atoms with Crippen LogP contribution in [0.4, 0.5) is 4.39 Å². The van der Waals surface area contributed by atoms with Gasteiger partial charge in [0.2, 0.25) is 0 Å². The van der Waals surface area contributed by atoms with Gasteiger partial charge in [-0.15, -0.1) is 0 Å². The van der Waals surface area contributed by atoms with E-state index >= 15 is 0 Å². The van der Waals surface area contributed by atoms with Crippen LogP contribution >= 0.6 is 27.5 Å². The summed E-state index contributed by atoms with van der Waals surface area (Å²) in [6, 6.07) is 11.1. The lowest BCUT2D eigenvalue weighted by molar-refractivity contribution is 0.627. The van der Waals surface area contributed by atoms with Crippen LogP contribution in [-0.2, 0) is 12.8 Å². The Morgan fingerprint density at radius 3 is 2.63 bits per heavy atom. The first-order chi connectivity index (χ1) is 9.15. The van der Waals surface area contributed by atoms with E-state index in [1.165, 1.54) is 41.7 Å². The van der Waals surface area contributed by atoms with Crippen LogP contribution < -0.4 is 0 Å². The number of fused-ring (bicyclic) bond motifs is 1. The van der Waals surface area contributed by atoms with Crippen molar-refractivity contribution in [2.45, 2.75) is 24.1 Å². The predicted octanol–water partition coefficient (Wildman–Crippen LogP) is 5.45. The van der Waals surface area contributed by atoms with Crippen molar-refractivity contribution < 1.29 is 4.39 Å². The molecule has 0 radical (unpaired) electrons. The number of benzene rings is 2. The number of hydrogen-bond acceptors (Lipinski definition) is 0. The summed E-state index contributed by atoms with van der Waals surface area (Å²) in [5, 5.41) is 0.461. The van der Waals surface area contributed by atoms with Crippen molar-refractivity contribution >= 4 is 27.5 Å². The van der Waals surface area contributed by atoms with E-state index in [1.807, 2.05) is 0 Å². The zero-order valence-corrected chi connectivity index (χ0v) is 12.6. The quantitative estimate of drug-likeness (QED) is 0.638. The lowest BCUT2D eigenvalue weighted by Crippen LogP contribution is -1.96. The number of alkyl halides is 1. The Kier molecular flexibility index (Phi) is 3.64. The minimum atomic E-state index is -0.303. The Labute approximate surface area is 125 Å². The minimum absolute atomic E-state index is 0.00602. The molecule has 0 saturated carbocycles. The number of hydrogen-bond donors (Lipinski definition) is 0. The largest absolute Gasteiger partial charge is 0.207 e. The van der Waals surface area contributed by atoms with Gasteiger partial charge in [-0.3, -0.25) is 0 Å². The van der Waals surface area contributed by atoms with Crippen molar-refractivity contribution in [3.8, 4) is 0 Å². The highest BCUT2D eigenvalue weighted by Gasteiger charge is 2.17. The van der Waals surface area contributed by atoms with Crippen LogP contribution in [0.2, 0.25) is 5.02 Å². The summed E-state index contributed by atoms with van der Waals surface area (Å²) in [6.45, 7) is 0. The molecule has 1 unspecified atom stereocenters. The van der Waals surface area contributed by atoms with E-state index in [0.29, 0.717) is 5.02 Å². The molecular formula is C16H13BrClF. The highest BCUT2D eigenvalue weighted by atomic mass is 79.9. The monoisotopic (exact) mass is 338 g/mol. The Balaban J connectivity index is 1.97. The van der Waals surface area contributed by atoms with Gasteiger partial charge in [-0.25, -0.2) is 4.39 Å². The van der Waals surface area contributed by atoms with Crippen LogP contribution in [0.15, 0.2) is 36.4 Å². The van der Waals surface area contributed by atoms with E-state index in [2.05, 4.69) is 34.1 Å². The zero-order valence-electron chi connectivity index (χ0n) is 10.3. The first-order valence-corrected chi connectivity index (χ1v) is 7.65. The van der Waals surface area contributed by atoms with Crippen molar-refractivity contribution in [1.29, 1.82) is 0 Å². The molecule has 2 aromatic rings. The maximum absolute atomic E-state index is 13.1. The van der Waals surface area contributed by atoms with Crippen molar-refractivity contribution in [2.24, 2.45) is 0 Å². The molecule has 0 bridgehead atoms. The summed E-state index contributed by atoms with van der Waals surface area (Å²) in [6.07, 6.45) is 3.57. The predicted molar refractivity (Wildman–Crippen MR) is 80.6 cm³/mol. The van der Waals surface area contributed by atoms with Gasteiger partial charge >= 0.3 is 0 Å². The molecule has 1 atom stereocenters. The molecule has 98 valence electrons.